The van der Waals surface area contributed by atoms with Gasteiger partial charge in [0.25, 0.3) is 0 Å². The van der Waals surface area contributed by atoms with E-state index in [1.807, 2.05) is 18.4 Å². The maximum atomic E-state index is 15.0. The number of nitrogens with zero attached hydrogens (tertiary/aromatic N) is 3. The van der Waals surface area contributed by atoms with Gasteiger partial charge in [-0.25, -0.2) is 36.8 Å². The Labute approximate surface area is 266 Å². The van der Waals surface area contributed by atoms with E-state index in [0.29, 0.717) is 39.9 Å². The van der Waals surface area contributed by atoms with Crippen LogP contribution in [0.5, 0.6) is 0 Å². The summed E-state index contributed by atoms with van der Waals surface area (Å²) in [6.07, 6.45) is 3.81. The average Bonchev–Trinajstić information content (AvgIpc) is 3.33. The lowest BCUT2D eigenvalue weighted by Crippen LogP contribution is -2.14. The fourth-order valence-electron chi connectivity index (χ4n) is 5.03. The zero-order chi connectivity index (χ0) is 31.9. The van der Waals surface area contributed by atoms with Gasteiger partial charge in [-0.15, -0.1) is 22.7 Å². The molecule has 3 aromatic heterocycles. The number of aromatic nitrogens is 3. The van der Waals surface area contributed by atoms with Crippen LogP contribution in [0.3, 0.4) is 0 Å². The number of primary sulfonamides is 1. The van der Waals surface area contributed by atoms with Crippen molar-refractivity contribution in [3.05, 3.63) is 103 Å². The molecule has 0 unspecified atom stereocenters. The van der Waals surface area contributed by atoms with E-state index in [0.717, 1.165) is 58.9 Å². The summed E-state index contributed by atoms with van der Waals surface area (Å²) in [7, 11) is -4.26. The maximum Gasteiger partial charge on any atom is 0.355 e. The fourth-order valence-corrected chi connectivity index (χ4v) is 7.03. The lowest BCUT2D eigenvalue weighted by atomic mass is 9.96. The normalized spacial score (nSPS) is 13.1. The standard InChI is InChI=1S/C32H26F2N4O4S3/c1-18-12-21(16-43-18)4-7-22-15-23(8-9-25(22)33)30-24(13-20-6-11-29(26(34)14-20)45(35,41)42)28(10-5-19-2-3-19)38(37-30)32-36-27(17-44-32)31(39)40/h6,8-9,11-12,14-17,19H,2-3,5,10,13H2,1H3,(H,39,40)(H2,35,41,42). The van der Waals surface area contributed by atoms with Gasteiger partial charge in [0, 0.05) is 38.7 Å². The first-order chi connectivity index (χ1) is 21.5. The molecule has 0 saturated heterocycles. The summed E-state index contributed by atoms with van der Waals surface area (Å²) in [6.45, 7) is 1.96. The van der Waals surface area contributed by atoms with Gasteiger partial charge in [-0.05, 0) is 67.6 Å². The topological polar surface area (TPSA) is 128 Å². The van der Waals surface area contributed by atoms with Crippen LogP contribution in [-0.4, -0.2) is 34.3 Å². The summed E-state index contributed by atoms with van der Waals surface area (Å²) in [5.74, 6) is 3.83. The second-order valence-electron chi connectivity index (χ2n) is 10.9. The lowest BCUT2D eigenvalue weighted by Gasteiger charge is -2.10. The van der Waals surface area contributed by atoms with Gasteiger partial charge in [-0.3, -0.25) is 0 Å². The molecule has 13 heteroatoms. The Kier molecular flexibility index (Phi) is 8.41. The molecule has 230 valence electrons. The zero-order valence-electron chi connectivity index (χ0n) is 23.9. The average molecular weight is 665 g/mol. The Morgan fingerprint density at radius 2 is 1.89 bits per heavy atom. The van der Waals surface area contributed by atoms with E-state index < -0.39 is 32.5 Å². The molecule has 1 aliphatic rings. The first-order valence-electron chi connectivity index (χ1n) is 13.9. The Morgan fingerprint density at radius 1 is 1.09 bits per heavy atom. The van der Waals surface area contributed by atoms with Crippen molar-refractivity contribution in [3.63, 3.8) is 0 Å². The molecule has 3 heterocycles. The summed E-state index contributed by atoms with van der Waals surface area (Å²) < 4.78 is 55.1. The van der Waals surface area contributed by atoms with Crippen molar-refractivity contribution in [1.29, 1.82) is 0 Å². The molecule has 45 heavy (non-hydrogen) atoms. The number of carbonyl (C=O) groups is 1. The molecular weight excluding hydrogens is 639 g/mol. The molecule has 0 bridgehead atoms. The number of benzene rings is 2. The van der Waals surface area contributed by atoms with Crippen LogP contribution in [0.25, 0.3) is 16.4 Å². The molecule has 8 nitrogen and oxygen atoms in total. The lowest BCUT2D eigenvalue weighted by molar-refractivity contribution is 0.0691. The Hall–Kier alpha value is -4.22. The van der Waals surface area contributed by atoms with Crippen molar-refractivity contribution >= 4 is 38.7 Å². The fraction of sp³-hybridized carbons (Fsp3) is 0.219. The van der Waals surface area contributed by atoms with Crippen molar-refractivity contribution in [2.45, 2.75) is 43.9 Å². The number of thiazole rings is 1. The first kappa shape index (κ1) is 30.8. The van der Waals surface area contributed by atoms with Gasteiger partial charge in [0.05, 0.1) is 17.0 Å². The molecule has 5 aromatic rings. The molecule has 0 amide bonds. The highest BCUT2D eigenvalue weighted by molar-refractivity contribution is 7.89. The van der Waals surface area contributed by atoms with E-state index in [4.69, 9.17) is 10.2 Å². The van der Waals surface area contributed by atoms with Crippen molar-refractivity contribution in [2.75, 3.05) is 0 Å². The van der Waals surface area contributed by atoms with E-state index in [9.17, 15) is 27.1 Å². The zero-order valence-corrected chi connectivity index (χ0v) is 26.3. The molecule has 1 aliphatic carbocycles. The minimum Gasteiger partial charge on any atom is -0.476 e. The third kappa shape index (κ3) is 6.89. The van der Waals surface area contributed by atoms with Crippen LogP contribution >= 0.6 is 22.7 Å². The number of rotatable bonds is 9. The van der Waals surface area contributed by atoms with Crippen LogP contribution in [0.2, 0.25) is 0 Å². The predicted molar refractivity (Wildman–Crippen MR) is 168 cm³/mol. The SMILES string of the molecule is Cc1cc(C#Cc2cc(-c3nn(-c4nc(C(=O)O)cs4)c(CCC4CC4)c3Cc3ccc(S(N)(=O)=O)c(F)c3)ccc2F)cs1. The molecule has 0 aliphatic heterocycles. The molecular formula is C32H26F2N4O4S3. The summed E-state index contributed by atoms with van der Waals surface area (Å²) in [6, 6.07) is 10.2. The molecule has 1 fully saturated rings. The van der Waals surface area contributed by atoms with E-state index in [1.165, 1.54) is 17.5 Å². The highest BCUT2D eigenvalue weighted by atomic mass is 32.2. The number of thiophene rings is 1. The second-order valence-corrected chi connectivity index (χ2v) is 14.3. The van der Waals surface area contributed by atoms with E-state index in [1.54, 1.807) is 28.2 Å². The Morgan fingerprint density at radius 3 is 2.53 bits per heavy atom. The smallest absolute Gasteiger partial charge is 0.355 e. The van der Waals surface area contributed by atoms with Gasteiger partial charge in [-0.2, -0.15) is 5.10 Å². The number of hydrogen-bond donors (Lipinski definition) is 2. The quantitative estimate of drug-likeness (QED) is 0.178. The number of aromatic carboxylic acids is 1. The molecule has 0 radical (unpaired) electrons. The van der Waals surface area contributed by atoms with Crippen molar-refractivity contribution < 1.29 is 27.1 Å². The number of hydrogen-bond acceptors (Lipinski definition) is 7. The number of carboxylic acid groups (broad SMARTS) is 1. The molecule has 0 spiro atoms. The van der Waals surface area contributed by atoms with Crippen molar-refractivity contribution in [1.82, 2.24) is 14.8 Å². The second kappa shape index (κ2) is 12.3. The number of sulfonamides is 1. The van der Waals surface area contributed by atoms with Crippen LogP contribution in [0.1, 0.15) is 62.6 Å². The maximum absolute atomic E-state index is 15.0. The number of nitrogens with two attached hydrogens (primary N) is 1. The number of halogens is 2. The molecule has 0 atom stereocenters. The highest BCUT2D eigenvalue weighted by Crippen LogP contribution is 2.37. The summed E-state index contributed by atoms with van der Waals surface area (Å²) in [5.41, 5.74) is 3.77. The third-order valence-electron chi connectivity index (χ3n) is 7.46. The molecule has 6 rings (SSSR count). The van der Waals surface area contributed by atoms with E-state index >= 15 is 0 Å². The Bertz CT molecular complexity index is 2120. The molecule has 3 N–H and O–H groups in total. The van der Waals surface area contributed by atoms with Gasteiger partial charge in [-0.1, -0.05) is 30.7 Å². The summed E-state index contributed by atoms with van der Waals surface area (Å²) in [5, 5.41) is 23.2. The van der Waals surface area contributed by atoms with Crippen LogP contribution in [0.15, 0.2) is 58.1 Å². The number of carboxylic acids is 1. The molecule has 2 aromatic carbocycles. The van der Waals surface area contributed by atoms with Gasteiger partial charge >= 0.3 is 5.97 Å². The minimum atomic E-state index is -4.26. The van der Waals surface area contributed by atoms with Crippen molar-refractivity contribution in [3.8, 4) is 28.2 Å². The van der Waals surface area contributed by atoms with Gasteiger partial charge in [0.1, 0.15) is 16.5 Å². The molecule has 1 saturated carbocycles. The third-order valence-corrected chi connectivity index (χ3v) is 10.1. The van der Waals surface area contributed by atoms with Gasteiger partial charge in [0.15, 0.2) is 5.69 Å². The van der Waals surface area contributed by atoms with Crippen LogP contribution in [-0.2, 0) is 22.9 Å². The van der Waals surface area contributed by atoms with Crippen LogP contribution in [0.4, 0.5) is 8.78 Å². The largest absolute Gasteiger partial charge is 0.476 e. The predicted octanol–water partition coefficient (Wildman–Crippen LogP) is 6.32. The van der Waals surface area contributed by atoms with Gasteiger partial charge < -0.3 is 5.11 Å². The van der Waals surface area contributed by atoms with E-state index in [-0.39, 0.29) is 17.7 Å². The Balaban J connectivity index is 1.51. The van der Waals surface area contributed by atoms with Crippen LogP contribution in [0, 0.1) is 36.3 Å². The van der Waals surface area contributed by atoms with Crippen LogP contribution < -0.4 is 5.14 Å². The van der Waals surface area contributed by atoms with Gasteiger partial charge in [0.2, 0.25) is 15.2 Å². The van der Waals surface area contributed by atoms with E-state index in [2.05, 4.69) is 16.8 Å². The monoisotopic (exact) mass is 664 g/mol. The summed E-state index contributed by atoms with van der Waals surface area (Å²) >= 11 is 2.67. The number of aryl methyl sites for hydroxylation is 1. The highest BCUT2D eigenvalue weighted by Gasteiger charge is 2.27. The minimum absolute atomic E-state index is 0.120. The summed E-state index contributed by atoms with van der Waals surface area (Å²) in [4.78, 5) is 16.4. The van der Waals surface area contributed by atoms with Crippen molar-refractivity contribution in [2.24, 2.45) is 11.1 Å². The first-order valence-corrected chi connectivity index (χ1v) is 17.2.